The maximum absolute atomic E-state index is 13.6. The summed E-state index contributed by atoms with van der Waals surface area (Å²) in [4.78, 5) is 26.2. The first-order valence-corrected chi connectivity index (χ1v) is 13.5. The van der Waals surface area contributed by atoms with Crippen molar-refractivity contribution in [3.8, 4) is 22.8 Å². The highest BCUT2D eigenvalue weighted by molar-refractivity contribution is 5.95. The second-order valence-corrected chi connectivity index (χ2v) is 11.5. The number of likely N-dealkylation sites (tertiary alicyclic amines) is 1. The number of fused-ring (bicyclic) bond motifs is 2. The number of aryl methyl sites for hydroxylation is 1. The molecule has 2 aliphatic rings. The van der Waals surface area contributed by atoms with Crippen LogP contribution in [0, 0.1) is 24.6 Å². The van der Waals surface area contributed by atoms with E-state index in [1.807, 2.05) is 54.6 Å². The number of halogens is 1. The van der Waals surface area contributed by atoms with Gasteiger partial charge in [0.15, 0.2) is 5.65 Å². The van der Waals surface area contributed by atoms with E-state index in [-0.39, 0.29) is 29.7 Å². The van der Waals surface area contributed by atoms with Gasteiger partial charge in [0.1, 0.15) is 17.6 Å². The number of amides is 1. The number of rotatable bonds is 6. The third-order valence-corrected chi connectivity index (χ3v) is 7.88. The molecule has 208 valence electrons. The lowest BCUT2D eigenvalue weighted by Gasteiger charge is -2.23. The molecule has 7 rings (SSSR count). The highest BCUT2D eigenvalue weighted by atomic mass is 19.1. The van der Waals surface area contributed by atoms with Crippen molar-refractivity contribution >= 4 is 11.6 Å². The highest BCUT2D eigenvalue weighted by Gasteiger charge is 2.59. The Kier molecular flexibility index (Phi) is 5.69. The minimum absolute atomic E-state index is 0.0358. The monoisotopic (exact) mass is 552 g/mol. The fourth-order valence-electron chi connectivity index (χ4n) is 5.65. The largest absolute Gasteiger partial charge is 0.474 e. The number of benzene rings is 1. The van der Waals surface area contributed by atoms with E-state index in [0.29, 0.717) is 41.6 Å². The Balaban J connectivity index is 1.09. The molecule has 1 amide bonds. The standard InChI is InChI=1S/C30H29FN8O2/c1-17-13-37-14-19(10-25(28(37)35-17)39-33-8-9-34-39)29(40)38-15-22-23(16-38)27(22)41-26-12-20(30(2,3)32)11-24(36-26)18-4-6-21(31)7-5-18/h4-14,22-23,27H,15-16,32H2,1-3H3/t22-,23+,27?. The summed E-state index contributed by atoms with van der Waals surface area (Å²) in [5, 5.41) is 8.49. The van der Waals surface area contributed by atoms with E-state index in [1.165, 1.54) is 16.9 Å². The van der Waals surface area contributed by atoms with Gasteiger partial charge in [-0.3, -0.25) is 4.79 Å². The average molecular weight is 553 g/mol. The Morgan fingerprint density at radius 1 is 1.02 bits per heavy atom. The van der Waals surface area contributed by atoms with Gasteiger partial charge in [-0.05, 0) is 62.7 Å². The van der Waals surface area contributed by atoms with E-state index in [2.05, 4.69) is 15.2 Å². The molecule has 4 aromatic heterocycles. The molecule has 5 aromatic rings. The summed E-state index contributed by atoms with van der Waals surface area (Å²) in [6, 6.07) is 11.8. The van der Waals surface area contributed by atoms with E-state index in [1.54, 1.807) is 30.6 Å². The minimum atomic E-state index is -0.613. The smallest absolute Gasteiger partial charge is 0.255 e. The highest BCUT2D eigenvalue weighted by Crippen LogP contribution is 2.48. The van der Waals surface area contributed by atoms with Gasteiger partial charge in [0, 0.05) is 54.5 Å². The SMILES string of the molecule is Cc1cn2cc(C(=O)N3C[C@@H]4C(Oc5cc(C(C)(C)N)cc(-c6ccc(F)cc6)n5)[C@@H]4C3)cc(-n3nccn3)c2n1. The number of ether oxygens (including phenoxy) is 1. The lowest BCUT2D eigenvalue weighted by Crippen LogP contribution is -2.33. The average Bonchev–Trinajstić information content (AvgIpc) is 3.44. The molecule has 1 aliphatic heterocycles. The Morgan fingerprint density at radius 2 is 1.73 bits per heavy atom. The maximum atomic E-state index is 13.6. The number of aromatic nitrogens is 6. The van der Waals surface area contributed by atoms with Crippen molar-refractivity contribution in [2.24, 2.45) is 17.6 Å². The van der Waals surface area contributed by atoms with Crippen LogP contribution in [0.2, 0.25) is 0 Å². The number of nitrogens with two attached hydrogens (primary N) is 1. The fraction of sp³-hybridized carbons (Fsp3) is 0.300. The molecule has 1 aliphatic carbocycles. The van der Waals surface area contributed by atoms with Crippen LogP contribution in [-0.4, -0.2) is 59.4 Å². The van der Waals surface area contributed by atoms with Gasteiger partial charge in [0.25, 0.3) is 5.91 Å². The van der Waals surface area contributed by atoms with Gasteiger partial charge in [0.2, 0.25) is 5.88 Å². The van der Waals surface area contributed by atoms with Gasteiger partial charge in [-0.15, -0.1) is 4.80 Å². The number of hydrogen-bond acceptors (Lipinski definition) is 7. The second kappa shape index (κ2) is 9.20. The molecule has 3 atom stereocenters. The summed E-state index contributed by atoms with van der Waals surface area (Å²) in [7, 11) is 0. The molecule has 2 fully saturated rings. The molecule has 5 heterocycles. The van der Waals surface area contributed by atoms with Crippen LogP contribution in [0.3, 0.4) is 0 Å². The normalized spacial score (nSPS) is 19.9. The lowest BCUT2D eigenvalue weighted by molar-refractivity contribution is 0.0751. The summed E-state index contributed by atoms with van der Waals surface area (Å²) >= 11 is 0. The van der Waals surface area contributed by atoms with Crippen LogP contribution in [0.1, 0.15) is 35.5 Å². The molecule has 0 radical (unpaired) electrons. The van der Waals surface area contributed by atoms with Crippen molar-refractivity contribution in [1.82, 2.24) is 34.3 Å². The topological polar surface area (TPSA) is 116 Å². The first kappa shape index (κ1) is 25.3. The second-order valence-electron chi connectivity index (χ2n) is 11.5. The van der Waals surface area contributed by atoms with Crippen LogP contribution in [0.4, 0.5) is 4.39 Å². The van der Waals surface area contributed by atoms with E-state index < -0.39 is 5.54 Å². The van der Waals surface area contributed by atoms with Gasteiger partial charge in [-0.2, -0.15) is 10.2 Å². The van der Waals surface area contributed by atoms with Crippen LogP contribution in [-0.2, 0) is 5.54 Å². The predicted octanol–water partition coefficient (Wildman–Crippen LogP) is 3.77. The minimum Gasteiger partial charge on any atom is -0.474 e. The van der Waals surface area contributed by atoms with E-state index in [4.69, 9.17) is 15.5 Å². The van der Waals surface area contributed by atoms with E-state index >= 15 is 0 Å². The zero-order valence-corrected chi connectivity index (χ0v) is 22.9. The maximum Gasteiger partial charge on any atom is 0.255 e. The lowest BCUT2D eigenvalue weighted by atomic mass is 9.95. The third kappa shape index (κ3) is 4.61. The molecular weight excluding hydrogens is 523 g/mol. The Bertz CT molecular complexity index is 1760. The van der Waals surface area contributed by atoms with E-state index in [9.17, 15) is 9.18 Å². The molecule has 1 unspecified atom stereocenters. The number of carbonyl (C=O) groups excluding carboxylic acids is 1. The van der Waals surface area contributed by atoms with Crippen molar-refractivity contribution in [3.05, 3.63) is 89.9 Å². The molecule has 2 N–H and O–H groups in total. The zero-order valence-electron chi connectivity index (χ0n) is 22.9. The molecule has 1 saturated carbocycles. The molecule has 11 heteroatoms. The van der Waals surface area contributed by atoms with Gasteiger partial charge >= 0.3 is 0 Å². The summed E-state index contributed by atoms with van der Waals surface area (Å²) in [6.45, 7) is 6.94. The summed E-state index contributed by atoms with van der Waals surface area (Å²) in [5.74, 6) is 0.558. The number of pyridine rings is 2. The van der Waals surface area contributed by atoms with Crippen LogP contribution >= 0.6 is 0 Å². The molecule has 0 spiro atoms. The number of nitrogens with zero attached hydrogens (tertiary/aromatic N) is 7. The Morgan fingerprint density at radius 3 is 2.41 bits per heavy atom. The summed E-state index contributed by atoms with van der Waals surface area (Å²) in [5.41, 5.74) is 10.8. The first-order chi connectivity index (χ1) is 19.6. The van der Waals surface area contributed by atoms with Crippen LogP contribution in [0.15, 0.2) is 67.3 Å². The first-order valence-electron chi connectivity index (χ1n) is 13.5. The number of hydrogen-bond donors (Lipinski definition) is 1. The van der Waals surface area contributed by atoms with Gasteiger partial charge in [0.05, 0.1) is 29.3 Å². The van der Waals surface area contributed by atoms with Crippen molar-refractivity contribution in [2.45, 2.75) is 32.4 Å². The van der Waals surface area contributed by atoms with Crippen LogP contribution < -0.4 is 10.5 Å². The summed E-state index contributed by atoms with van der Waals surface area (Å²) in [6.07, 6.45) is 6.84. The summed E-state index contributed by atoms with van der Waals surface area (Å²) < 4.78 is 21.7. The number of piperidine rings is 1. The quantitative estimate of drug-likeness (QED) is 0.341. The molecule has 41 heavy (non-hydrogen) atoms. The van der Waals surface area contributed by atoms with Crippen molar-refractivity contribution in [1.29, 1.82) is 0 Å². The van der Waals surface area contributed by atoms with E-state index in [0.717, 1.165) is 16.8 Å². The molecule has 1 aromatic carbocycles. The van der Waals surface area contributed by atoms with Crippen LogP contribution in [0.25, 0.3) is 22.6 Å². The molecular formula is C30H29FN8O2. The van der Waals surface area contributed by atoms with Crippen molar-refractivity contribution < 1.29 is 13.9 Å². The van der Waals surface area contributed by atoms with Gasteiger partial charge in [-0.1, -0.05) is 0 Å². The molecule has 0 bridgehead atoms. The predicted molar refractivity (Wildman–Crippen MR) is 149 cm³/mol. The Hall–Kier alpha value is -4.64. The molecule has 10 nitrogen and oxygen atoms in total. The third-order valence-electron chi connectivity index (χ3n) is 7.88. The van der Waals surface area contributed by atoms with Crippen molar-refractivity contribution in [3.63, 3.8) is 0 Å². The van der Waals surface area contributed by atoms with Crippen molar-refractivity contribution in [2.75, 3.05) is 13.1 Å². The van der Waals surface area contributed by atoms with Gasteiger partial charge < -0.3 is 19.8 Å². The molecule has 1 saturated heterocycles. The number of carbonyl (C=O) groups is 1. The zero-order chi connectivity index (χ0) is 28.5. The fourth-order valence-corrected chi connectivity index (χ4v) is 5.65. The van der Waals surface area contributed by atoms with Crippen LogP contribution in [0.5, 0.6) is 5.88 Å². The Labute approximate surface area is 235 Å². The van der Waals surface area contributed by atoms with Gasteiger partial charge in [-0.25, -0.2) is 14.4 Å². The number of imidazole rings is 1.